The Hall–Kier alpha value is -3.60. The highest BCUT2D eigenvalue weighted by molar-refractivity contribution is 5.79. The number of halogens is 3. The number of pyridine rings is 1. The van der Waals surface area contributed by atoms with E-state index >= 15 is 0 Å². The van der Waals surface area contributed by atoms with Crippen molar-refractivity contribution in [1.82, 2.24) is 25.1 Å². The summed E-state index contributed by atoms with van der Waals surface area (Å²) >= 11 is 0. The fourth-order valence-electron chi connectivity index (χ4n) is 4.27. The second kappa shape index (κ2) is 8.07. The van der Waals surface area contributed by atoms with Crippen LogP contribution in [0.1, 0.15) is 18.1 Å². The molecule has 8 nitrogen and oxygen atoms in total. The number of rotatable bonds is 4. The molecule has 1 aliphatic heterocycles. The molecule has 0 spiro atoms. The zero-order valence-corrected chi connectivity index (χ0v) is 17.7. The molecule has 1 aliphatic rings. The first-order valence-corrected chi connectivity index (χ1v) is 10.5. The van der Waals surface area contributed by atoms with E-state index in [1.807, 2.05) is 24.0 Å². The molecule has 0 aliphatic carbocycles. The highest BCUT2D eigenvalue weighted by Gasteiger charge is 2.32. The molecule has 2 N–H and O–H groups in total. The van der Waals surface area contributed by atoms with E-state index in [-0.39, 0.29) is 6.04 Å². The Labute approximate surface area is 186 Å². The second-order valence-electron chi connectivity index (χ2n) is 8.18. The normalized spacial score (nSPS) is 17.7. The standard InChI is InChI=1S/C22H21F3N6O2/c1-13-11-30(6-7-31(13)19-5-3-16(10-26-19)22(23,24)25)12-15-9-27-29-20(15)14-2-4-18-17(8-14)28-21(32)33-18/h2-5,8-10,13H,6-7,11-12H2,1H3,(H,27,29)(H,28,32)/t13-/m1/s1. The van der Waals surface area contributed by atoms with Gasteiger partial charge in [0.25, 0.3) is 0 Å². The van der Waals surface area contributed by atoms with Crippen molar-refractivity contribution < 1.29 is 17.6 Å². The fourth-order valence-corrected chi connectivity index (χ4v) is 4.27. The number of H-pyrrole nitrogens is 2. The van der Waals surface area contributed by atoms with Gasteiger partial charge in [-0.3, -0.25) is 15.0 Å². The number of aromatic nitrogens is 4. The zero-order chi connectivity index (χ0) is 23.2. The molecule has 0 amide bonds. The van der Waals surface area contributed by atoms with Crippen molar-refractivity contribution in [3.05, 3.63) is 64.4 Å². The average Bonchev–Trinajstić information content (AvgIpc) is 3.38. The highest BCUT2D eigenvalue weighted by atomic mass is 19.4. The minimum Gasteiger partial charge on any atom is -0.408 e. The Morgan fingerprint density at radius 2 is 2.03 bits per heavy atom. The van der Waals surface area contributed by atoms with Crippen LogP contribution >= 0.6 is 0 Å². The van der Waals surface area contributed by atoms with E-state index in [1.165, 1.54) is 6.07 Å². The number of fused-ring (bicyclic) bond motifs is 1. The number of benzene rings is 1. The van der Waals surface area contributed by atoms with Crippen molar-refractivity contribution in [3.8, 4) is 11.3 Å². The van der Waals surface area contributed by atoms with Gasteiger partial charge >= 0.3 is 11.9 Å². The van der Waals surface area contributed by atoms with Gasteiger partial charge in [-0.05, 0) is 37.3 Å². The van der Waals surface area contributed by atoms with Crippen LogP contribution in [0.15, 0.2) is 51.9 Å². The van der Waals surface area contributed by atoms with Crippen LogP contribution in [0.2, 0.25) is 0 Å². The number of piperazine rings is 1. The van der Waals surface area contributed by atoms with E-state index in [9.17, 15) is 18.0 Å². The van der Waals surface area contributed by atoms with E-state index < -0.39 is 17.5 Å². The molecule has 5 rings (SSSR count). The molecule has 1 saturated heterocycles. The number of hydrogen-bond donors (Lipinski definition) is 2. The third-order valence-corrected chi connectivity index (χ3v) is 5.90. The van der Waals surface area contributed by atoms with Gasteiger partial charge in [-0.2, -0.15) is 18.3 Å². The predicted molar refractivity (Wildman–Crippen MR) is 116 cm³/mol. The Bertz CT molecular complexity index is 1320. The number of anilines is 1. The summed E-state index contributed by atoms with van der Waals surface area (Å²) in [5.74, 6) is 0.0444. The van der Waals surface area contributed by atoms with E-state index in [2.05, 4.69) is 25.1 Å². The smallest absolute Gasteiger partial charge is 0.408 e. The first-order valence-electron chi connectivity index (χ1n) is 10.5. The summed E-state index contributed by atoms with van der Waals surface area (Å²) in [5, 5.41) is 7.23. The van der Waals surface area contributed by atoms with Gasteiger partial charge in [0.15, 0.2) is 5.58 Å². The van der Waals surface area contributed by atoms with E-state index in [0.29, 0.717) is 30.0 Å². The lowest BCUT2D eigenvalue weighted by Gasteiger charge is -2.40. The number of hydrogen-bond acceptors (Lipinski definition) is 6. The average molecular weight is 458 g/mol. The van der Waals surface area contributed by atoms with Crippen LogP contribution in [-0.4, -0.2) is 50.7 Å². The van der Waals surface area contributed by atoms with Crippen LogP contribution in [0, 0.1) is 0 Å². The summed E-state index contributed by atoms with van der Waals surface area (Å²) in [6.07, 6.45) is -1.72. The van der Waals surface area contributed by atoms with Gasteiger partial charge in [-0.15, -0.1) is 0 Å². The van der Waals surface area contributed by atoms with Crippen LogP contribution in [0.5, 0.6) is 0 Å². The number of nitrogens with zero attached hydrogens (tertiary/aromatic N) is 4. The summed E-state index contributed by atoms with van der Waals surface area (Å²) in [5.41, 5.74) is 3.11. The van der Waals surface area contributed by atoms with Gasteiger partial charge in [-0.25, -0.2) is 9.78 Å². The highest BCUT2D eigenvalue weighted by Crippen LogP contribution is 2.30. The molecule has 0 radical (unpaired) electrons. The molecule has 1 aromatic carbocycles. The lowest BCUT2D eigenvalue weighted by atomic mass is 10.1. The summed E-state index contributed by atoms with van der Waals surface area (Å²) in [6.45, 7) is 4.79. The molecule has 172 valence electrons. The quantitative estimate of drug-likeness (QED) is 0.485. The maximum absolute atomic E-state index is 12.8. The van der Waals surface area contributed by atoms with E-state index in [4.69, 9.17) is 4.42 Å². The third-order valence-electron chi connectivity index (χ3n) is 5.90. The van der Waals surface area contributed by atoms with Crippen molar-refractivity contribution in [2.24, 2.45) is 0 Å². The zero-order valence-electron chi connectivity index (χ0n) is 17.7. The predicted octanol–water partition coefficient (Wildman–Crippen LogP) is 3.64. The van der Waals surface area contributed by atoms with Gasteiger partial charge in [0.2, 0.25) is 0 Å². The molecule has 1 atom stereocenters. The van der Waals surface area contributed by atoms with Crippen molar-refractivity contribution >= 4 is 16.9 Å². The number of alkyl halides is 3. The topological polar surface area (TPSA) is 94.0 Å². The number of oxazole rings is 1. The molecule has 1 fully saturated rings. The first kappa shape index (κ1) is 21.3. The molecule has 0 saturated carbocycles. The minimum absolute atomic E-state index is 0.0747. The van der Waals surface area contributed by atoms with E-state index in [0.717, 1.165) is 42.2 Å². The maximum atomic E-state index is 12.8. The molecular weight excluding hydrogens is 437 g/mol. The SMILES string of the molecule is C[C@@H]1CN(Cc2cn[nH]c2-c2ccc3oc(=O)[nH]c3c2)CCN1c1ccc(C(F)(F)F)cn1. The van der Waals surface area contributed by atoms with Crippen molar-refractivity contribution in [1.29, 1.82) is 0 Å². The summed E-state index contributed by atoms with van der Waals surface area (Å²) in [4.78, 5) is 22.4. The van der Waals surface area contributed by atoms with Gasteiger partial charge in [0, 0.05) is 49.5 Å². The molecule has 0 unspecified atom stereocenters. The fraction of sp³-hybridized carbons (Fsp3) is 0.318. The molecule has 4 heterocycles. The molecular formula is C22H21F3N6O2. The number of aromatic amines is 2. The molecule has 11 heteroatoms. The van der Waals surface area contributed by atoms with Crippen LogP contribution in [0.25, 0.3) is 22.4 Å². The molecule has 0 bridgehead atoms. The maximum Gasteiger partial charge on any atom is 0.417 e. The van der Waals surface area contributed by atoms with E-state index in [1.54, 1.807) is 12.3 Å². The summed E-state index contributed by atoms with van der Waals surface area (Å²) in [7, 11) is 0. The minimum atomic E-state index is -4.39. The largest absolute Gasteiger partial charge is 0.417 e. The van der Waals surface area contributed by atoms with Crippen molar-refractivity contribution in [2.45, 2.75) is 25.7 Å². The Balaban J connectivity index is 1.28. The Morgan fingerprint density at radius 3 is 2.76 bits per heavy atom. The van der Waals surface area contributed by atoms with Gasteiger partial charge in [0.1, 0.15) is 5.82 Å². The van der Waals surface area contributed by atoms with Crippen molar-refractivity contribution in [3.63, 3.8) is 0 Å². The third kappa shape index (κ3) is 4.23. The first-order chi connectivity index (χ1) is 15.8. The summed E-state index contributed by atoms with van der Waals surface area (Å²) < 4.78 is 43.5. The lowest BCUT2D eigenvalue weighted by molar-refractivity contribution is -0.137. The number of nitrogens with one attached hydrogen (secondary N) is 2. The van der Waals surface area contributed by atoms with Crippen LogP contribution in [0.4, 0.5) is 19.0 Å². The van der Waals surface area contributed by atoms with Gasteiger partial charge < -0.3 is 9.32 Å². The second-order valence-corrected chi connectivity index (χ2v) is 8.18. The monoisotopic (exact) mass is 458 g/mol. The van der Waals surface area contributed by atoms with Gasteiger partial charge in [-0.1, -0.05) is 0 Å². The van der Waals surface area contributed by atoms with Crippen LogP contribution in [0.3, 0.4) is 0 Å². The molecule has 3 aromatic heterocycles. The lowest BCUT2D eigenvalue weighted by Crippen LogP contribution is -2.51. The molecule has 4 aromatic rings. The summed E-state index contributed by atoms with van der Waals surface area (Å²) in [6, 6.07) is 8.03. The van der Waals surface area contributed by atoms with Crippen LogP contribution in [-0.2, 0) is 12.7 Å². The van der Waals surface area contributed by atoms with Crippen molar-refractivity contribution in [2.75, 3.05) is 24.5 Å². The molecule has 33 heavy (non-hydrogen) atoms. The Kier molecular flexibility index (Phi) is 5.20. The van der Waals surface area contributed by atoms with Crippen LogP contribution < -0.4 is 10.7 Å². The Morgan fingerprint density at radius 1 is 1.18 bits per heavy atom. The van der Waals surface area contributed by atoms with Gasteiger partial charge in [0.05, 0.1) is 23.0 Å².